The second kappa shape index (κ2) is 4.64. The van der Waals surface area contributed by atoms with Gasteiger partial charge in [0.15, 0.2) is 5.03 Å². The Labute approximate surface area is 108 Å². The summed E-state index contributed by atoms with van der Waals surface area (Å²) < 4.78 is 28.5. The zero-order chi connectivity index (χ0) is 13.4. The van der Waals surface area contributed by atoms with Crippen molar-refractivity contribution in [2.24, 2.45) is 12.5 Å². The highest BCUT2D eigenvalue weighted by atomic mass is 32.2. The van der Waals surface area contributed by atoms with Crippen LogP contribution < -0.4 is 10.0 Å². The molecule has 0 aromatic carbocycles. The lowest BCUT2D eigenvalue weighted by molar-refractivity contribution is 0.363. The first-order valence-corrected chi connectivity index (χ1v) is 7.51. The first-order valence-electron chi connectivity index (χ1n) is 6.03. The Balaban J connectivity index is 2.08. The Hall–Kier alpha value is -0.920. The highest BCUT2D eigenvalue weighted by Gasteiger charge is 2.30. The Bertz CT molecular complexity index is 510. The Morgan fingerprint density at radius 2 is 2.33 bits per heavy atom. The van der Waals surface area contributed by atoms with Crippen molar-refractivity contribution < 1.29 is 8.42 Å². The zero-order valence-electron chi connectivity index (χ0n) is 11.0. The molecule has 1 saturated heterocycles. The average Bonchev–Trinajstić information content (AvgIpc) is 2.86. The van der Waals surface area contributed by atoms with E-state index in [9.17, 15) is 8.42 Å². The van der Waals surface area contributed by atoms with Crippen molar-refractivity contribution in [3.05, 3.63) is 12.0 Å². The number of nitrogens with one attached hydrogen (secondary N) is 2. The molecule has 1 fully saturated rings. The van der Waals surface area contributed by atoms with Gasteiger partial charge < -0.3 is 9.88 Å². The van der Waals surface area contributed by atoms with Crippen molar-refractivity contribution in [1.82, 2.24) is 19.6 Å². The van der Waals surface area contributed by atoms with E-state index in [1.807, 2.05) is 0 Å². The maximum Gasteiger partial charge on any atom is 0.259 e. The highest BCUT2D eigenvalue weighted by molar-refractivity contribution is 7.89. The largest absolute Gasteiger partial charge is 0.337 e. The monoisotopic (exact) mass is 272 g/mol. The van der Waals surface area contributed by atoms with Crippen molar-refractivity contribution in [2.45, 2.75) is 25.3 Å². The normalized spacial score (nSPS) is 24.6. The van der Waals surface area contributed by atoms with Crippen LogP contribution in [0.15, 0.2) is 11.2 Å². The molecule has 2 heterocycles. The predicted octanol–water partition coefficient (Wildman–Crippen LogP) is 0.00642. The summed E-state index contributed by atoms with van der Waals surface area (Å²) >= 11 is 0. The van der Waals surface area contributed by atoms with Gasteiger partial charge in [-0.05, 0) is 25.3 Å². The Morgan fingerprint density at radius 3 is 2.83 bits per heavy atom. The van der Waals surface area contributed by atoms with E-state index >= 15 is 0 Å². The molecule has 1 aromatic heterocycles. The van der Waals surface area contributed by atoms with Crippen LogP contribution in [-0.4, -0.2) is 37.6 Å². The second-order valence-electron chi connectivity index (χ2n) is 5.30. The molecule has 1 unspecified atom stereocenters. The molecule has 1 aliphatic rings. The van der Waals surface area contributed by atoms with Crippen LogP contribution in [0, 0.1) is 12.3 Å². The van der Waals surface area contributed by atoms with E-state index in [1.165, 1.54) is 6.20 Å². The lowest BCUT2D eigenvalue weighted by Crippen LogP contribution is -2.37. The number of nitrogens with zero attached hydrogens (tertiary/aromatic N) is 2. The van der Waals surface area contributed by atoms with Crippen LogP contribution in [0.3, 0.4) is 0 Å². The third kappa shape index (κ3) is 2.73. The molecule has 0 saturated carbocycles. The number of aromatic nitrogens is 2. The van der Waals surface area contributed by atoms with Gasteiger partial charge in [-0.3, -0.25) is 0 Å². The lowest BCUT2D eigenvalue weighted by Gasteiger charge is -2.22. The van der Waals surface area contributed by atoms with Crippen molar-refractivity contribution in [2.75, 3.05) is 19.6 Å². The first kappa shape index (κ1) is 13.5. The number of rotatable bonds is 4. The molecule has 2 rings (SSSR count). The molecule has 1 atom stereocenters. The van der Waals surface area contributed by atoms with Crippen LogP contribution in [0.5, 0.6) is 0 Å². The molecule has 7 heteroatoms. The average molecular weight is 272 g/mol. The fourth-order valence-corrected chi connectivity index (χ4v) is 3.25. The summed E-state index contributed by atoms with van der Waals surface area (Å²) in [5.41, 5.74) is -0.00308. The minimum atomic E-state index is -3.50. The molecule has 0 spiro atoms. The molecule has 0 amide bonds. The van der Waals surface area contributed by atoms with Gasteiger partial charge in [-0.25, -0.2) is 18.1 Å². The Kier molecular flexibility index (Phi) is 3.48. The van der Waals surface area contributed by atoms with E-state index in [2.05, 4.69) is 21.9 Å². The van der Waals surface area contributed by atoms with Crippen LogP contribution >= 0.6 is 0 Å². The van der Waals surface area contributed by atoms with Gasteiger partial charge >= 0.3 is 0 Å². The van der Waals surface area contributed by atoms with E-state index in [1.54, 1.807) is 18.5 Å². The van der Waals surface area contributed by atoms with Crippen molar-refractivity contribution in [3.8, 4) is 0 Å². The predicted molar refractivity (Wildman–Crippen MR) is 68.7 cm³/mol. The van der Waals surface area contributed by atoms with Gasteiger partial charge in [0.1, 0.15) is 5.82 Å². The van der Waals surface area contributed by atoms with Gasteiger partial charge in [0.25, 0.3) is 10.0 Å². The first-order chi connectivity index (χ1) is 8.32. The summed E-state index contributed by atoms with van der Waals surface area (Å²) in [5.74, 6) is 0.684. The molecule has 1 aliphatic heterocycles. The van der Waals surface area contributed by atoms with E-state index in [0.29, 0.717) is 12.4 Å². The van der Waals surface area contributed by atoms with E-state index in [0.717, 1.165) is 19.5 Å². The maximum absolute atomic E-state index is 12.1. The molecule has 0 aliphatic carbocycles. The molecule has 102 valence electrons. The molecule has 1 aromatic rings. The minimum Gasteiger partial charge on any atom is -0.337 e. The molecule has 6 nitrogen and oxygen atoms in total. The summed E-state index contributed by atoms with van der Waals surface area (Å²) in [6.07, 6.45) is 2.52. The fraction of sp³-hybridized carbons (Fsp3) is 0.727. The van der Waals surface area contributed by atoms with Crippen LogP contribution in [0.25, 0.3) is 0 Å². The van der Waals surface area contributed by atoms with Gasteiger partial charge in [0, 0.05) is 26.3 Å². The number of hydrogen-bond acceptors (Lipinski definition) is 4. The third-order valence-electron chi connectivity index (χ3n) is 3.51. The molecule has 18 heavy (non-hydrogen) atoms. The van der Waals surface area contributed by atoms with E-state index < -0.39 is 10.0 Å². The number of imidazole rings is 1. The summed E-state index contributed by atoms with van der Waals surface area (Å²) in [4.78, 5) is 4.05. The lowest BCUT2D eigenvalue weighted by atomic mass is 9.90. The minimum absolute atomic E-state index is 0.00308. The van der Waals surface area contributed by atoms with Crippen molar-refractivity contribution in [3.63, 3.8) is 0 Å². The third-order valence-corrected chi connectivity index (χ3v) is 4.78. The quantitative estimate of drug-likeness (QED) is 0.809. The standard InChI is InChI=1S/C11H20N4O2S/c1-9-14-10(6-15(9)3)18(16,17)13-8-11(2)4-5-12-7-11/h6,12-13H,4-5,7-8H2,1-3H3. The summed E-state index contributed by atoms with van der Waals surface area (Å²) in [6, 6.07) is 0. The van der Waals surface area contributed by atoms with Gasteiger partial charge in [0.05, 0.1) is 0 Å². The van der Waals surface area contributed by atoms with E-state index in [4.69, 9.17) is 0 Å². The Morgan fingerprint density at radius 1 is 1.61 bits per heavy atom. The zero-order valence-corrected chi connectivity index (χ0v) is 11.8. The fourth-order valence-electron chi connectivity index (χ4n) is 2.02. The number of hydrogen-bond donors (Lipinski definition) is 2. The van der Waals surface area contributed by atoms with Crippen molar-refractivity contribution >= 4 is 10.0 Å². The van der Waals surface area contributed by atoms with Crippen molar-refractivity contribution in [1.29, 1.82) is 0 Å². The van der Waals surface area contributed by atoms with Gasteiger partial charge in [-0.1, -0.05) is 6.92 Å². The molecule has 0 bridgehead atoms. The number of sulfonamides is 1. The van der Waals surface area contributed by atoms with Gasteiger partial charge in [-0.2, -0.15) is 0 Å². The topological polar surface area (TPSA) is 76.0 Å². The van der Waals surface area contributed by atoms with Gasteiger partial charge in [-0.15, -0.1) is 0 Å². The SMILES string of the molecule is Cc1nc(S(=O)(=O)NCC2(C)CCNC2)cn1C. The molecule has 2 N–H and O–H groups in total. The summed E-state index contributed by atoms with van der Waals surface area (Å²) in [5, 5.41) is 3.34. The summed E-state index contributed by atoms with van der Waals surface area (Å²) in [6.45, 7) is 6.09. The van der Waals surface area contributed by atoms with Gasteiger partial charge in [0.2, 0.25) is 0 Å². The number of aryl methyl sites for hydroxylation is 2. The smallest absolute Gasteiger partial charge is 0.259 e. The maximum atomic E-state index is 12.1. The van der Waals surface area contributed by atoms with Crippen LogP contribution in [0.4, 0.5) is 0 Å². The van der Waals surface area contributed by atoms with E-state index in [-0.39, 0.29) is 10.4 Å². The van der Waals surface area contributed by atoms with Crippen LogP contribution in [0.2, 0.25) is 0 Å². The summed E-state index contributed by atoms with van der Waals surface area (Å²) in [7, 11) is -1.72. The van der Waals surface area contributed by atoms with Crippen LogP contribution in [-0.2, 0) is 17.1 Å². The highest BCUT2D eigenvalue weighted by Crippen LogP contribution is 2.23. The molecular weight excluding hydrogens is 252 g/mol. The molecule has 0 radical (unpaired) electrons. The molecular formula is C11H20N4O2S. The van der Waals surface area contributed by atoms with Crippen LogP contribution in [0.1, 0.15) is 19.2 Å². The second-order valence-corrected chi connectivity index (χ2v) is 7.01.